The lowest BCUT2D eigenvalue weighted by Gasteiger charge is -2.20. The van der Waals surface area contributed by atoms with E-state index in [0.29, 0.717) is 6.42 Å². The Balaban J connectivity index is 2.28. The Labute approximate surface area is 125 Å². The molecule has 0 fully saturated rings. The second-order valence-electron chi connectivity index (χ2n) is 5.59. The summed E-state index contributed by atoms with van der Waals surface area (Å²) >= 11 is 0. The second kappa shape index (κ2) is 6.80. The molecule has 2 rings (SSSR count). The van der Waals surface area contributed by atoms with E-state index in [0.717, 1.165) is 23.5 Å². The van der Waals surface area contributed by atoms with E-state index in [9.17, 15) is 4.39 Å². The largest absolute Gasteiger partial charge is 0.310 e. The highest BCUT2D eigenvalue weighted by Gasteiger charge is 2.17. The topological polar surface area (TPSA) is 42.7 Å². The van der Waals surface area contributed by atoms with Crippen molar-refractivity contribution in [3.63, 3.8) is 0 Å². The number of nitrogens with zero attached hydrogens (tertiary/aromatic N) is 3. The van der Waals surface area contributed by atoms with Crippen LogP contribution in [-0.4, -0.2) is 21.3 Å². The maximum absolute atomic E-state index is 13.7. The molecule has 21 heavy (non-hydrogen) atoms. The van der Waals surface area contributed by atoms with Crippen LogP contribution < -0.4 is 5.32 Å². The quantitative estimate of drug-likeness (QED) is 0.888. The fourth-order valence-electron chi connectivity index (χ4n) is 2.55. The average molecular weight is 290 g/mol. The van der Waals surface area contributed by atoms with E-state index in [1.165, 1.54) is 0 Å². The number of aromatic nitrogens is 3. The number of hydrogen-bond acceptors (Lipinski definition) is 3. The van der Waals surface area contributed by atoms with E-state index >= 15 is 0 Å². The molecule has 1 aromatic heterocycles. The summed E-state index contributed by atoms with van der Waals surface area (Å²) in [6, 6.07) is 5.46. The second-order valence-corrected chi connectivity index (χ2v) is 5.59. The lowest BCUT2D eigenvalue weighted by atomic mass is 10.0. The first-order chi connectivity index (χ1) is 10.0. The van der Waals surface area contributed by atoms with Gasteiger partial charge in [-0.1, -0.05) is 13.0 Å². The molecule has 1 heterocycles. The summed E-state index contributed by atoms with van der Waals surface area (Å²) in [7, 11) is 0. The van der Waals surface area contributed by atoms with Crippen molar-refractivity contribution >= 4 is 0 Å². The van der Waals surface area contributed by atoms with Gasteiger partial charge in [-0.25, -0.2) is 14.1 Å². The van der Waals surface area contributed by atoms with Crippen molar-refractivity contribution in [1.82, 2.24) is 20.1 Å². The summed E-state index contributed by atoms with van der Waals surface area (Å²) in [5.41, 5.74) is 1.88. The third-order valence-corrected chi connectivity index (χ3v) is 3.44. The van der Waals surface area contributed by atoms with Gasteiger partial charge in [-0.2, -0.15) is 5.10 Å². The van der Waals surface area contributed by atoms with Crippen LogP contribution in [0.3, 0.4) is 0 Å². The molecule has 2 aromatic rings. The van der Waals surface area contributed by atoms with Gasteiger partial charge in [-0.3, -0.25) is 0 Å². The van der Waals surface area contributed by atoms with E-state index in [-0.39, 0.29) is 17.9 Å². The van der Waals surface area contributed by atoms with E-state index < -0.39 is 0 Å². The fraction of sp³-hybridized carbons (Fsp3) is 0.500. The van der Waals surface area contributed by atoms with Crippen molar-refractivity contribution in [2.45, 2.75) is 46.2 Å². The standard InChI is InChI=1S/C16H23FN4/c1-5-18-15(13-6-12(4)7-14(17)8-13)9-16-19-10-20-21(16)11(2)3/h6-8,10-11,15,18H,5,9H2,1-4H3. The smallest absolute Gasteiger partial charge is 0.138 e. The lowest BCUT2D eigenvalue weighted by molar-refractivity contribution is 0.467. The number of nitrogens with one attached hydrogen (secondary N) is 1. The molecule has 0 saturated carbocycles. The van der Waals surface area contributed by atoms with Gasteiger partial charge in [0.05, 0.1) is 0 Å². The fourth-order valence-corrected chi connectivity index (χ4v) is 2.55. The molecular formula is C16H23FN4. The molecule has 1 atom stereocenters. The Hall–Kier alpha value is -1.75. The Morgan fingerprint density at radius 3 is 2.67 bits per heavy atom. The molecule has 0 spiro atoms. The van der Waals surface area contributed by atoms with E-state index in [1.807, 2.05) is 24.6 Å². The summed E-state index contributed by atoms with van der Waals surface area (Å²) in [4.78, 5) is 4.35. The van der Waals surface area contributed by atoms with Crippen molar-refractivity contribution in [1.29, 1.82) is 0 Å². The van der Waals surface area contributed by atoms with Crippen LogP contribution in [0.25, 0.3) is 0 Å². The number of halogens is 1. The summed E-state index contributed by atoms with van der Waals surface area (Å²) in [5.74, 6) is 0.719. The van der Waals surface area contributed by atoms with Crippen LogP contribution in [0.5, 0.6) is 0 Å². The summed E-state index contributed by atoms with van der Waals surface area (Å²) in [6.07, 6.45) is 2.27. The molecule has 0 bridgehead atoms. The highest BCUT2D eigenvalue weighted by atomic mass is 19.1. The van der Waals surface area contributed by atoms with E-state index in [4.69, 9.17) is 0 Å². The predicted molar refractivity (Wildman–Crippen MR) is 81.7 cm³/mol. The molecule has 0 amide bonds. The molecule has 114 valence electrons. The molecule has 4 nitrogen and oxygen atoms in total. The van der Waals surface area contributed by atoms with Crippen LogP contribution in [0.4, 0.5) is 4.39 Å². The number of likely N-dealkylation sites (N-methyl/N-ethyl adjacent to an activating group) is 1. The van der Waals surface area contributed by atoms with E-state index in [1.54, 1.807) is 18.5 Å². The van der Waals surface area contributed by atoms with E-state index in [2.05, 4.69) is 29.2 Å². The number of rotatable bonds is 6. The van der Waals surface area contributed by atoms with Gasteiger partial charge in [0.1, 0.15) is 18.0 Å². The third-order valence-electron chi connectivity index (χ3n) is 3.44. The first-order valence-corrected chi connectivity index (χ1v) is 7.40. The molecule has 5 heteroatoms. The van der Waals surface area contributed by atoms with Gasteiger partial charge < -0.3 is 5.32 Å². The van der Waals surface area contributed by atoms with Crippen LogP contribution in [0.15, 0.2) is 24.5 Å². The van der Waals surface area contributed by atoms with Gasteiger partial charge >= 0.3 is 0 Å². The van der Waals surface area contributed by atoms with Gasteiger partial charge in [0.15, 0.2) is 0 Å². The highest BCUT2D eigenvalue weighted by Crippen LogP contribution is 2.21. The molecular weight excluding hydrogens is 267 g/mol. The zero-order valence-corrected chi connectivity index (χ0v) is 13.1. The van der Waals surface area contributed by atoms with Crippen LogP contribution in [0.1, 0.15) is 49.8 Å². The van der Waals surface area contributed by atoms with Gasteiger partial charge in [0, 0.05) is 18.5 Å². The summed E-state index contributed by atoms with van der Waals surface area (Å²) < 4.78 is 15.6. The minimum Gasteiger partial charge on any atom is -0.310 e. The van der Waals surface area contributed by atoms with Crippen molar-refractivity contribution in [3.8, 4) is 0 Å². The van der Waals surface area contributed by atoms with Gasteiger partial charge in [-0.15, -0.1) is 0 Å². The molecule has 0 saturated heterocycles. The number of aryl methyl sites for hydroxylation is 1. The predicted octanol–water partition coefficient (Wildman–Crippen LogP) is 3.20. The minimum atomic E-state index is -0.196. The molecule has 0 aliphatic heterocycles. The SMILES string of the molecule is CCNC(Cc1ncnn1C(C)C)c1cc(C)cc(F)c1. The van der Waals surface area contributed by atoms with Crippen molar-refractivity contribution in [3.05, 3.63) is 47.3 Å². The number of benzene rings is 1. The van der Waals surface area contributed by atoms with Crippen molar-refractivity contribution in [2.75, 3.05) is 6.54 Å². The Kier molecular flexibility index (Phi) is 5.07. The van der Waals surface area contributed by atoms with Crippen LogP contribution in [0, 0.1) is 12.7 Å². The Morgan fingerprint density at radius 2 is 2.05 bits per heavy atom. The van der Waals surface area contributed by atoms with Gasteiger partial charge in [0.25, 0.3) is 0 Å². The molecule has 0 aliphatic rings. The molecule has 0 aliphatic carbocycles. The van der Waals surface area contributed by atoms with Crippen molar-refractivity contribution in [2.24, 2.45) is 0 Å². The van der Waals surface area contributed by atoms with Crippen LogP contribution in [-0.2, 0) is 6.42 Å². The molecule has 1 unspecified atom stereocenters. The maximum Gasteiger partial charge on any atom is 0.138 e. The minimum absolute atomic E-state index is 0.0334. The molecule has 1 N–H and O–H groups in total. The zero-order valence-electron chi connectivity index (χ0n) is 13.1. The average Bonchev–Trinajstić information content (AvgIpc) is 2.85. The summed E-state index contributed by atoms with van der Waals surface area (Å²) in [5, 5.41) is 7.67. The number of hydrogen-bond donors (Lipinski definition) is 1. The Morgan fingerprint density at radius 1 is 1.29 bits per heavy atom. The highest BCUT2D eigenvalue weighted by molar-refractivity contribution is 5.27. The van der Waals surface area contributed by atoms with Gasteiger partial charge in [-0.05, 0) is 50.6 Å². The monoisotopic (exact) mass is 290 g/mol. The lowest BCUT2D eigenvalue weighted by Crippen LogP contribution is -2.25. The van der Waals surface area contributed by atoms with Gasteiger partial charge in [0.2, 0.25) is 0 Å². The zero-order chi connectivity index (χ0) is 15.4. The summed E-state index contributed by atoms with van der Waals surface area (Å²) in [6.45, 7) is 8.92. The first kappa shape index (κ1) is 15.6. The maximum atomic E-state index is 13.7. The Bertz CT molecular complexity index is 571. The van der Waals surface area contributed by atoms with Crippen molar-refractivity contribution < 1.29 is 4.39 Å². The van der Waals surface area contributed by atoms with Crippen LogP contribution in [0.2, 0.25) is 0 Å². The third kappa shape index (κ3) is 3.88. The normalized spacial score (nSPS) is 12.9. The molecule has 1 aromatic carbocycles. The molecule has 0 radical (unpaired) electrons. The van der Waals surface area contributed by atoms with Crippen LogP contribution >= 0.6 is 0 Å². The first-order valence-electron chi connectivity index (χ1n) is 7.40.